The summed E-state index contributed by atoms with van der Waals surface area (Å²) in [7, 11) is -3.33. The molecular weight excluding hydrogens is 404 g/mol. The first-order chi connectivity index (χ1) is 14.4. The van der Waals surface area contributed by atoms with Crippen molar-refractivity contribution in [2.75, 3.05) is 25.4 Å². The van der Waals surface area contributed by atoms with Crippen molar-refractivity contribution in [2.45, 2.75) is 70.8 Å². The molecule has 2 fully saturated rings. The summed E-state index contributed by atoms with van der Waals surface area (Å²) in [6, 6.07) is 0. The zero-order valence-electron chi connectivity index (χ0n) is 17.7. The van der Waals surface area contributed by atoms with E-state index in [9.17, 15) is 18.0 Å². The molecule has 0 bridgehead atoms. The van der Waals surface area contributed by atoms with Gasteiger partial charge in [-0.15, -0.1) is 0 Å². The summed E-state index contributed by atoms with van der Waals surface area (Å²) < 4.78 is 25.7. The average Bonchev–Trinajstić information content (AvgIpc) is 3.44. The maximum absolute atomic E-state index is 12.7. The Balaban J connectivity index is 1.40. The summed E-state index contributed by atoms with van der Waals surface area (Å²) >= 11 is 0. The maximum Gasteiger partial charge on any atom is 0.255 e. The maximum atomic E-state index is 12.7. The summed E-state index contributed by atoms with van der Waals surface area (Å²) in [4.78, 5) is 34.8. The van der Waals surface area contributed by atoms with E-state index in [0.29, 0.717) is 55.5 Å². The van der Waals surface area contributed by atoms with Crippen LogP contribution in [0.15, 0.2) is 4.79 Å². The summed E-state index contributed by atoms with van der Waals surface area (Å²) in [5.41, 5.74) is 0.892. The highest BCUT2D eigenvalue weighted by molar-refractivity contribution is 7.89. The van der Waals surface area contributed by atoms with Crippen LogP contribution in [0.4, 0.5) is 0 Å². The number of amides is 1. The Labute approximate surface area is 178 Å². The number of fused-ring (bicyclic) bond motifs is 1. The predicted molar refractivity (Wildman–Crippen MR) is 114 cm³/mol. The van der Waals surface area contributed by atoms with Crippen molar-refractivity contribution in [2.24, 2.45) is 5.92 Å². The minimum absolute atomic E-state index is 0.0262. The number of nitrogens with one attached hydrogen (secondary N) is 1. The van der Waals surface area contributed by atoms with Crippen molar-refractivity contribution in [1.29, 1.82) is 0 Å². The fourth-order valence-corrected chi connectivity index (χ4v) is 6.09. The van der Waals surface area contributed by atoms with Gasteiger partial charge < -0.3 is 9.88 Å². The third-order valence-electron chi connectivity index (χ3n) is 6.98. The molecule has 4 rings (SSSR count). The molecule has 8 nitrogen and oxygen atoms in total. The molecule has 1 aromatic rings. The van der Waals surface area contributed by atoms with Gasteiger partial charge in [0.2, 0.25) is 15.9 Å². The lowest BCUT2D eigenvalue weighted by Crippen LogP contribution is -2.40. The fourth-order valence-electron chi connectivity index (χ4n) is 5.03. The zero-order chi connectivity index (χ0) is 21.3. The van der Waals surface area contributed by atoms with E-state index in [4.69, 9.17) is 0 Å². The van der Waals surface area contributed by atoms with Gasteiger partial charge in [-0.2, -0.15) is 4.31 Å². The molecule has 1 aliphatic carbocycles. The number of aromatic nitrogens is 2. The number of rotatable bonds is 6. The van der Waals surface area contributed by atoms with Crippen LogP contribution in [0.5, 0.6) is 0 Å². The van der Waals surface area contributed by atoms with Crippen LogP contribution in [-0.4, -0.2) is 58.9 Å². The highest BCUT2D eigenvalue weighted by atomic mass is 32.2. The van der Waals surface area contributed by atoms with E-state index in [2.05, 4.69) is 9.97 Å². The van der Waals surface area contributed by atoms with E-state index in [1.807, 2.05) is 4.90 Å². The largest absolute Gasteiger partial charge is 0.342 e. The molecule has 0 spiro atoms. The molecule has 1 aromatic heterocycles. The van der Waals surface area contributed by atoms with Crippen molar-refractivity contribution in [3.63, 3.8) is 0 Å². The van der Waals surface area contributed by atoms with Crippen molar-refractivity contribution in [1.82, 2.24) is 19.2 Å². The van der Waals surface area contributed by atoms with Crippen LogP contribution < -0.4 is 5.56 Å². The molecule has 1 saturated heterocycles. The summed E-state index contributed by atoms with van der Waals surface area (Å²) in [6.07, 6.45) is 7.96. The van der Waals surface area contributed by atoms with Gasteiger partial charge in [-0.1, -0.05) is 25.7 Å². The molecule has 166 valence electrons. The minimum atomic E-state index is -3.33. The van der Waals surface area contributed by atoms with Crippen LogP contribution in [0.25, 0.3) is 0 Å². The number of hydrogen-bond donors (Lipinski definition) is 1. The number of H-pyrrole nitrogens is 1. The first-order valence-electron chi connectivity index (χ1n) is 11.2. The number of carbonyl (C=O) groups excluding carboxylic acids is 1. The lowest BCUT2D eigenvalue weighted by molar-refractivity contribution is -0.130. The second-order valence-corrected chi connectivity index (χ2v) is 11.1. The van der Waals surface area contributed by atoms with Crippen molar-refractivity contribution in [3.05, 3.63) is 27.4 Å². The Morgan fingerprint density at radius 2 is 1.97 bits per heavy atom. The van der Waals surface area contributed by atoms with E-state index < -0.39 is 10.0 Å². The van der Waals surface area contributed by atoms with Gasteiger partial charge in [-0.3, -0.25) is 9.59 Å². The summed E-state index contributed by atoms with van der Waals surface area (Å²) in [5.74, 6) is 1.62. The third kappa shape index (κ3) is 4.46. The fraction of sp³-hybridized carbons (Fsp3) is 0.762. The van der Waals surface area contributed by atoms with Crippen LogP contribution in [0, 0.1) is 5.92 Å². The highest BCUT2D eigenvalue weighted by Crippen LogP contribution is 2.30. The van der Waals surface area contributed by atoms with Crippen LogP contribution in [-0.2, 0) is 27.8 Å². The molecule has 0 unspecified atom stereocenters. The molecule has 2 aliphatic heterocycles. The number of aromatic amines is 1. The number of hydrogen-bond acceptors (Lipinski definition) is 5. The molecule has 9 heteroatoms. The van der Waals surface area contributed by atoms with Gasteiger partial charge in [-0.25, -0.2) is 13.4 Å². The van der Waals surface area contributed by atoms with Crippen molar-refractivity contribution in [3.8, 4) is 0 Å². The topological polar surface area (TPSA) is 103 Å². The monoisotopic (exact) mass is 436 g/mol. The van der Waals surface area contributed by atoms with Gasteiger partial charge in [0.15, 0.2) is 0 Å². The van der Waals surface area contributed by atoms with Gasteiger partial charge in [0.25, 0.3) is 5.56 Å². The van der Waals surface area contributed by atoms with Crippen molar-refractivity contribution < 1.29 is 13.2 Å². The van der Waals surface area contributed by atoms with E-state index in [1.165, 1.54) is 30.0 Å². The number of likely N-dealkylation sites (tertiary alicyclic amines) is 1. The van der Waals surface area contributed by atoms with E-state index >= 15 is 0 Å². The molecule has 1 N–H and O–H groups in total. The molecule has 1 saturated carbocycles. The number of sulfonamides is 1. The van der Waals surface area contributed by atoms with Gasteiger partial charge in [0, 0.05) is 44.9 Å². The second kappa shape index (κ2) is 8.78. The van der Waals surface area contributed by atoms with Crippen LogP contribution in [0.3, 0.4) is 0 Å². The Hall–Kier alpha value is -1.74. The second-order valence-electron chi connectivity index (χ2n) is 8.88. The predicted octanol–water partition coefficient (Wildman–Crippen LogP) is 1.76. The molecule has 30 heavy (non-hydrogen) atoms. The summed E-state index contributed by atoms with van der Waals surface area (Å²) in [6.45, 7) is 3.36. The van der Waals surface area contributed by atoms with Crippen molar-refractivity contribution >= 4 is 15.9 Å². The van der Waals surface area contributed by atoms with E-state index in [0.717, 1.165) is 12.8 Å². The molecule has 0 aromatic carbocycles. The van der Waals surface area contributed by atoms with Gasteiger partial charge in [0.1, 0.15) is 5.82 Å². The zero-order valence-corrected chi connectivity index (χ0v) is 18.5. The van der Waals surface area contributed by atoms with Crippen LogP contribution >= 0.6 is 0 Å². The SMILES string of the molecule is CCS(=O)(=O)N1CCc2nc([C@@H]3CCN(C(=O)CCC4CCCC4)C3)[nH]c(=O)c2C1. The van der Waals surface area contributed by atoms with E-state index in [1.54, 1.807) is 6.92 Å². The van der Waals surface area contributed by atoms with Gasteiger partial charge in [-0.05, 0) is 25.7 Å². The lowest BCUT2D eigenvalue weighted by atomic mass is 10.0. The minimum Gasteiger partial charge on any atom is -0.342 e. The highest BCUT2D eigenvalue weighted by Gasteiger charge is 2.32. The van der Waals surface area contributed by atoms with E-state index in [-0.39, 0.29) is 29.7 Å². The van der Waals surface area contributed by atoms with Crippen LogP contribution in [0.2, 0.25) is 0 Å². The van der Waals surface area contributed by atoms with Gasteiger partial charge >= 0.3 is 0 Å². The lowest BCUT2D eigenvalue weighted by Gasteiger charge is -2.27. The standard InChI is InChI=1S/C21H32N4O4S/c1-2-30(28,29)25-12-10-18-17(14-25)21(27)23-20(22-18)16-9-11-24(13-16)19(26)8-7-15-5-3-4-6-15/h15-16H,2-14H2,1H3,(H,22,23,27)/t16-/m1/s1. The molecule has 0 radical (unpaired) electrons. The number of carbonyl (C=O) groups is 1. The average molecular weight is 437 g/mol. The van der Waals surface area contributed by atoms with Gasteiger partial charge in [0.05, 0.1) is 17.0 Å². The number of nitrogens with zero attached hydrogens (tertiary/aromatic N) is 3. The smallest absolute Gasteiger partial charge is 0.255 e. The molecule has 1 atom stereocenters. The molecule has 3 heterocycles. The first kappa shape index (κ1) is 21.5. The van der Waals surface area contributed by atoms with Crippen LogP contribution in [0.1, 0.15) is 74.9 Å². The Morgan fingerprint density at radius 3 is 2.70 bits per heavy atom. The molecule has 3 aliphatic rings. The third-order valence-corrected chi connectivity index (χ3v) is 8.81. The molecular formula is C21H32N4O4S. The quantitative estimate of drug-likeness (QED) is 0.732. The first-order valence-corrected chi connectivity index (χ1v) is 12.9. The Kier molecular flexibility index (Phi) is 6.29. The summed E-state index contributed by atoms with van der Waals surface area (Å²) in [5, 5.41) is 0. The Morgan fingerprint density at radius 1 is 1.20 bits per heavy atom. The normalized spacial score (nSPS) is 23.1. The molecule has 1 amide bonds. The Bertz CT molecular complexity index is 952.